The number of hydrogen-bond donors (Lipinski definition) is 0. The summed E-state index contributed by atoms with van der Waals surface area (Å²) in [5.41, 5.74) is 2.04. The minimum absolute atomic E-state index is 0.463. The smallest absolute Gasteiger partial charge is 0.139 e. The quantitative estimate of drug-likeness (QED) is 0.734. The lowest BCUT2D eigenvalue weighted by atomic mass is 10.3. The second-order valence-corrected chi connectivity index (χ2v) is 5.17. The molecule has 3 rings (SSSR count). The van der Waals surface area contributed by atoms with E-state index in [9.17, 15) is 0 Å². The van der Waals surface area contributed by atoms with Crippen LogP contribution in [0.1, 0.15) is 5.56 Å². The van der Waals surface area contributed by atoms with Gasteiger partial charge in [0.05, 0.1) is 18.1 Å². The molecule has 100 valence electrons. The molecule has 4 nitrogen and oxygen atoms in total. The average Bonchev–Trinajstić information content (AvgIpc) is 2.95. The SMILES string of the molecule is Brc1cncc(OCc2cnn(-c3ccccc3)c2)c1. The number of nitrogens with zero attached hydrogens (tertiary/aromatic N) is 3. The third-order valence-corrected chi connectivity index (χ3v) is 3.18. The van der Waals surface area contributed by atoms with Crippen LogP contribution in [0.5, 0.6) is 5.75 Å². The molecule has 0 N–H and O–H groups in total. The van der Waals surface area contributed by atoms with Gasteiger partial charge in [-0.05, 0) is 34.1 Å². The average molecular weight is 330 g/mol. The van der Waals surface area contributed by atoms with Gasteiger partial charge in [-0.1, -0.05) is 18.2 Å². The zero-order valence-electron chi connectivity index (χ0n) is 10.6. The number of ether oxygens (including phenoxy) is 1. The van der Waals surface area contributed by atoms with Crippen molar-refractivity contribution in [2.75, 3.05) is 0 Å². The van der Waals surface area contributed by atoms with Gasteiger partial charge in [-0.25, -0.2) is 4.68 Å². The van der Waals surface area contributed by atoms with Crippen LogP contribution in [0.2, 0.25) is 0 Å². The Kier molecular flexibility index (Phi) is 3.78. The minimum atomic E-state index is 0.463. The Hall–Kier alpha value is -2.14. The van der Waals surface area contributed by atoms with E-state index in [0.717, 1.165) is 21.5 Å². The first kappa shape index (κ1) is 12.9. The molecule has 0 saturated carbocycles. The molecule has 0 amide bonds. The van der Waals surface area contributed by atoms with Crippen LogP contribution in [0.15, 0.2) is 65.7 Å². The Morgan fingerprint density at radius 2 is 1.95 bits per heavy atom. The van der Waals surface area contributed by atoms with Gasteiger partial charge in [0, 0.05) is 22.4 Å². The second-order valence-electron chi connectivity index (χ2n) is 4.26. The highest BCUT2D eigenvalue weighted by Gasteiger charge is 2.02. The van der Waals surface area contributed by atoms with Gasteiger partial charge in [0.1, 0.15) is 12.4 Å². The summed E-state index contributed by atoms with van der Waals surface area (Å²) in [7, 11) is 0. The van der Waals surface area contributed by atoms with Gasteiger partial charge >= 0.3 is 0 Å². The maximum Gasteiger partial charge on any atom is 0.139 e. The number of rotatable bonds is 4. The number of aromatic nitrogens is 3. The van der Waals surface area contributed by atoms with Gasteiger partial charge in [0.2, 0.25) is 0 Å². The monoisotopic (exact) mass is 329 g/mol. The van der Waals surface area contributed by atoms with Crippen LogP contribution in [0, 0.1) is 0 Å². The fourth-order valence-electron chi connectivity index (χ4n) is 1.79. The molecule has 2 heterocycles. The number of para-hydroxylation sites is 1. The summed E-state index contributed by atoms with van der Waals surface area (Å²) in [5.74, 6) is 0.729. The molecule has 0 unspecified atom stereocenters. The lowest BCUT2D eigenvalue weighted by molar-refractivity contribution is 0.304. The molecule has 3 aromatic rings. The van der Waals surface area contributed by atoms with E-state index in [1.807, 2.05) is 47.3 Å². The van der Waals surface area contributed by atoms with Crippen molar-refractivity contribution in [3.63, 3.8) is 0 Å². The van der Waals surface area contributed by atoms with Crippen LogP contribution in [-0.2, 0) is 6.61 Å². The number of pyridine rings is 1. The Labute approximate surface area is 125 Å². The summed E-state index contributed by atoms with van der Waals surface area (Å²) < 4.78 is 8.41. The highest BCUT2D eigenvalue weighted by atomic mass is 79.9. The molecule has 2 aromatic heterocycles. The van der Waals surface area contributed by atoms with E-state index in [1.54, 1.807) is 18.6 Å². The molecule has 1 aromatic carbocycles. The normalized spacial score (nSPS) is 10.4. The standard InChI is InChI=1S/C15H12BrN3O/c16-13-6-15(9-17-8-13)20-11-12-7-18-19(10-12)14-4-2-1-3-5-14/h1-10H,11H2. The fraction of sp³-hybridized carbons (Fsp3) is 0.0667. The van der Waals surface area contributed by atoms with Crippen molar-refractivity contribution in [1.29, 1.82) is 0 Å². The predicted octanol–water partition coefficient (Wildman–Crippen LogP) is 3.61. The Morgan fingerprint density at radius 1 is 1.10 bits per heavy atom. The molecule has 0 aliphatic heterocycles. The van der Waals surface area contributed by atoms with Crippen LogP contribution >= 0.6 is 15.9 Å². The summed E-state index contributed by atoms with van der Waals surface area (Å²) in [6.07, 6.45) is 7.17. The molecule has 20 heavy (non-hydrogen) atoms. The van der Waals surface area contributed by atoms with Crippen LogP contribution in [0.25, 0.3) is 5.69 Å². The number of benzene rings is 1. The number of hydrogen-bond acceptors (Lipinski definition) is 3. The lowest BCUT2D eigenvalue weighted by Gasteiger charge is -2.04. The third kappa shape index (κ3) is 3.05. The maximum absolute atomic E-state index is 5.68. The van der Waals surface area contributed by atoms with E-state index in [2.05, 4.69) is 26.0 Å². The van der Waals surface area contributed by atoms with E-state index >= 15 is 0 Å². The molecule has 0 bridgehead atoms. The molecular formula is C15H12BrN3O. The van der Waals surface area contributed by atoms with Crippen molar-refractivity contribution >= 4 is 15.9 Å². The highest BCUT2D eigenvalue weighted by Crippen LogP contribution is 2.17. The van der Waals surface area contributed by atoms with E-state index < -0.39 is 0 Å². The molecule has 0 aliphatic rings. The topological polar surface area (TPSA) is 39.9 Å². The Balaban J connectivity index is 1.69. The molecule has 0 saturated heterocycles. The predicted molar refractivity (Wildman–Crippen MR) is 79.8 cm³/mol. The van der Waals surface area contributed by atoms with Crippen LogP contribution in [0.3, 0.4) is 0 Å². The Morgan fingerprint density at radius 3 is 2.75 bits per heavy atom. The van der Waals surface area contributed by atoms with E-state index in [4.69, 9.17) is 4.74 Å². The van der Waals surface area contributed by atoms with Gasteiger partial charge in [0.15, 0.2) is 0 Å². The van der Waals surface area contributed by atoms with Crippen LogP contribution in [-0.4, -0.2) is 14.8 Å². The molecule has 0 atom stereocenters. The molecule has 5 heteroatoms. The molecule has 0 fully saturated rings. The summed E-state index contributed by atoms with van der Waals surface area (Å²) >= 11 is 3.36. The second kappa shape index (κ2) is 5.88. The summed E-state index contributed by atoms with van der Waals surface area (Å²) in [6.45, 7) is 0.463. The molecule has 0 radical (unpaired) electrons. The van der Waals surface area contributed by atoms with Gasteiger partial charge in [-0.2, -0.15) is 5.10 Å². The third-order valence-electron chi connectivity index (χ3n) is 2.74. The van der Waals surface area contributed by atoms with Gasteiger partial charge in [-0.3, -0.25) is 4.98 Å². The van der Waals surface area contributed by atoms with E-state index in [0.29, 0.717) is 6.61 Å². The number of halogens is 1. The van der Waals surface area contributed by atoms with Crippen LogP contribution < -0.4 is 4.74 Å². The first-order valence-electron chi connectivity index (χ1n) is 6.13. The lowest BCUT2D eigenvalue weighted by Crippen LogP contribution is -1.95. The first-order chi connectivity index (χ1) is 9.81. The van der Waals surface area contributed by atoms with Crippen molar-refractivity contribution in [3.8, 4) is 11.4 Å². The summed E-state index contributed by atoms with van der Waals surface area (Å²) in [4.78, 5) is 4.06. The summed E-state index contributed by atoms with van der Waals surface area (Å²) in [5, 5.41) is 4.33. The largest absolute Gasteiger partial charge is 0.487 e. The molecule has 0 aliphatic carbocycles. The van der Waals surface area contributed by atoms with E-state index in [1.165, 1.54) is 0 Å². The van der Waals surface area contributed by atoms with Crippen LogP contribution in [0.4, 0.5) is 0 Å². The maximum atomic E-state index is 5.68. The van der Waals surface area contributed by atoms with Gasteiger partial charge < -0.3 is 4.74 Å². The van der Waals surface area contributed by atoms with Gasteiger partial charge in [0.25, 0.3) is 0 Å². The van der Waals surface area contributed by atoms with Gasteiger partial charge in [-0.15, -0.1) is 0 Å². The highest BCUT2D eigenvalue weighted by molar-refractivity contribution is 9.10. The Bertz CT molecular complexity index is 697. The zero-order chi connectivity index (χ0) is 13.8. The van der Waals surface area contributed by atoms with Crippen molar-refractivity contribution in [2.24, 2.45) is 0 Å². The molecule has 0 spiro atoms. The van der Waals surface area contributed by atoms with Crippen molar-refractivity contribution < 1.29 is 4.74 Å². The summed E-state index contributed by atoms with van der Waals surface area (Å²) in [6, 6.07) is 11.9. The molecular weight excluding hydrogens is 318 g/mol. The van der Waals surface area contributed by atoms with Crippen molar-refractivity contribution in [1.82, 2.24) is 14.8 Å². The van der Waals surface area contributed by atoms with Crippen molar-refractivity contribution in [2.45, 2.75) is 6.61 Å². The van der Waals surface area contributed by atoms with Crippen molar-refractivity contribution in [3.05, 3.63) is 71.2 Å². The fourth-order valence-corrected chi connectivity index (χ4v) is 2.14. The van der Waals surface area contributed by atoms with E-state index in [-0.39, 0.29) is 0 Å². The minimum Gasteiger partial charge on any atom is -0.487 e. The zero-order valence-corrected chi connectivity index (χ0v) is 12.2. The first-order valence-corrected chi connectivity index (χ1v) is 6.93.